The van der Waals surface area contributed by atoms with Crippen molar-refractivity contribution in [2.75, 3.05) is 7.11 Å². The Morgan fingerprint density at radius 3 is 2.52 bits per heavy atom. The van der Waals surface area contributed by atoms with Crippen molar-refractivity contribution in [2.45, 2.75) is 19.8 Å². The molecule has 1 aromatic heterocycles. The van der Waals surface area contributed by atoms with Crippen LogP contribution in [0.2, 0.25) is 0 Å². The molecular weight excluding hydrogens is 375 g/mol. The maximum atomic E-state index is 13.9. The highest BCUT2D eigenvalue weighted by molar-refractivity contribution is 5.93. The minimum absolute atomic E-state index is 0.0331. The molecule has 0 aliphatic carbocycles. The fourth-order valence-corrected chi connectivity index (χ4v) is 3.30. The number of carboxylic acid groups (broad SMARTS) is 1. The number of nitrogens with zero attached hydrogens (tertiary/aromatic N) is 1. The molecule has 3 rings (SSSR count). The van der Waals surface area contributed by atoms with E-state index in [4.69, 9.17) is 15.6 Å². The van der Waals surface area contributed by atoms with Crippen LogP contribution in [0.25, 0.3) is 16.9 Å². The minimum atomic E-state index is -0.899. The topological polar surface area (TPSA) is 94.6 Å². The van der Waals surface area contributed by atoms with Crippen molar-refractivity contribution in [3.63, 3.8) is 0 Å². The van der Waals surface area contributed by atoms with Gasteiger partial charge in [0, 0.05) is 22.5 Å². The lowest BCUT2D eigenvalue weighted by Gasteiger charge is -2.17. The van der Waals surface area contributed by atoms with Crippen LogP contribution in [0.1, 0.15) is 28.0 Å². The lowest BCUT2D eigenvalue weighted by atomic mass is 10.1. The zero-order chi connectivity index (χ0) is 21.1. The second kappa shape index (κ2) is 8.18. The number of halogens is 1. The van der Waals surface area contributed by atoms with Gasteiger partial charge >= 0.3 is 5.97 Å². The number of methoxy groups -OCH3 is 1. The van der Waals surface area contributed by atoms with Crippen molar-refractivity contribution in [1.82, 2.24) is 4.57 Å². The molecule has 1 amide bonds. The third-order valence-electron chi connectivity index (χ3n) is 4.73. The molecule has 2 aromatic carbocycles. The Kier molecular flexibility index (Phi) is 5.68. The predicted octanol–water partition coefficient (Wildman–Crippen LogP) is 3.72. The van der Waals surface area contributed by atoms with Gasteiger partial charge in [0.15, 0.2) is 11.6 Å². The molecule has 0 unspecified atom stereocenters. The molecule has 0 radical (unpaired) electrons. The third kappa shape index (κ3) is 4.13. The number of aliphatic carboxylic acids is 1. The molecule has 0 saturated heterocycles. The van der Waals surface area contributed by atoms with Gasteiger partial charge in [-0.2, -0.15) is 0 Å². The first-order chi connectivity index (χ1) is 13.8. The number of primary amides is 1. The number of aromatic nitrogens is 1. The summed E-state index contributed by atoms with van der Waals surface area (Å²) >= 11 is 0. The molecule has 1 heterocycles. The number of aryl methyl sites for hydroxylation is 2. The molecule has 0 bridgehead atoms. The SMILES string of the molecule is COc1cc(-c2ccc(CCC(=O)O)n2-c2ccc(C(N)=O)cc2C)ccc1F. The van der Waals surface area contributed by atoms with Gasteiger partial charge in [-0.1, -0.05) is 0 Å². The Labute approximate surface area is 167 Å². The Morgan fingerprint density at radius 1 is 1.14 bits per heavy atom. The molecule has 0 atom stereocenters. The van der Waals surface area contributed by atoms with Crippen LogP contribution >= 0.6 is 0 Å². The quantitative estimate of drug-likeness (QED) is 0.636. The van der Waals surface area contributed by atoms with Gasteiger partial charge in [0.25, 0.3) is 0 Å². The Morgan fingerprint density at radius 2 is 1.90 bits per heavy atom. The van der Waals surface area contributed by atoms with Gasteiger partial charge in [0.05, 0.1) is 19.2 Å². The largest absolute Gasteiger partial charge is 0.494 e. The molecule has 3 aromatic rings. The van der Waals surface area contributed by atoms with Crippen LogP contribution in [-0.4, -0.2) is 28.7 Å². The summed E-state index contributed by atoms with van der Waals surface area (Å²) in [4.78, 5) is 22.6. The summed E-state index contributed by atoms with van der Waals surface area (Å²) in [5.74, 6) is -1.78. The number of amides is 1. The number of benzene rings is 2. The summed E-state index contributed by atoms with van der Waals surface area (Å²) in [6, 6.07) is 13.3. The van der Waals surface area contributed by atoms with E-state index in [1.165, 1.54) is 13.2 Å². The van der Waals surface area contributed by atoms with E-state index in [0.717, 1.165) is 22.6 Å². The lowest BCUT2D eigenvalue weighted by molar-refractivity contribution is -0.136. The van der Waals surface area contributed by atoms with Crippen LogP contribution in [0.15, 0.2) is 48.5 Å². The molecular formula is C22H21FN2O4. The van der Waals surface area contributed by atoms with Crippen molar-refractivity contribution in [2.24, 2.45) is 5.73 Å². The summed E-state index contributed by atoms with van der Waals surface area (Å²) in [5, 5.41) is 9.09. The number of carbonyl (C=O) groups excluding carboxylic acids is 1. The van der Waals surface area contributed by atoms with Crippen molar-refractivity contribution in [3.05, 3.63) is 71.2 Å². The van der Waals surface area contributed by atoms with Crippen molar-refractivity contribution < 1.29 is 23.8 Å². The monoisotopic (exact) mass is 396 g/mol. The van der Waals surface area contributed by atoms with Crippen LogP contribution in [0, 0.1) is 12.7 Å². The number of nitrogens with two attached hydrogens (primary N) is 1. The molecule has 150 valence electrons. The van der Waals surface area contributed by atoms with Crippen LogP contribution in [-0.2, 0) is 11.2 Å². The molecule has 0 aliphatic rings. The van der Waals surface area contributed by atoms with E-state index < -0.39 is 17.7 Å². The molecule has 0 saturated carbocycles. The maximum absolute atomic E-state index is 13.9. The zero-order valence-electron chi connectivity index (χ0n) is 16.1. The highest BCUT2D eigenvalue weighted by atomic mass is 19.1. The Balaban J connectivity index is 2.19. The van der Waals surface area contributed by atoms with Gasteiger partial charge in [-0.05, 0) is 67.4 Å². The number of hydrogen-bond donors (Lipinski definition) is 2. The first kappa shape index (κ1) is 20.1. The van der Waals surface area contributed by atoms with Crippen molar-refractivity contribution in [3.8, 4) is 22.7 Å². The fourth-order valence-electron chi connectivity index (χ4n) is 3.30. The number of rotatable bonds is 7. The van der Waals surface area contributed by atoms with Gasteiger partial charge in [-0.15, -0.1) is 0 Å². The van der Waals surface area contributed by atoms with Gasteiger partial charge in [0.1, 0.15) is 0 Å². The molecule has 0 aliphatic heterocycles. The summed E-state index contributed by atoms with van der Waals surface area (Å²) < 4.78 is 20.9. The summed E-state index contributed by atoms with van der Waals surface area (Å²) in [6.45, 7) is 1.85. The van der Waals surface area contributed by atoms with E-state index in [2.05, 4.69) is 0 Å². The van der Waals surface area contributed by atoms with Gasteiger partial charge < -0.3 is 20.1 Å². The average molecular weight is 396 g/mol. The predicted molar refractivity (Wildman–Crippen MR) is 107 cm³/mol. The molecule has 6 nitrogen and oxygen atoms in total. The minimum Gasteiger partial charge on any atom is -0.494 e. The average Bonchev–Trinajstić information content (AvgIpc) is 3.10. The first-order valence-electron chi connectivity index (χ1n) is 8.99. The lowest BCUT2D eigenvalue weighted by Crippen LogP contribution is -2.12. The van der Waals surface area contributed by atoms with Crippen LogP contribution in [0.5, 0.6) is 5.75 Å². The number of ether oxygens (including phenoxy) is 1. The first-order valence-corrected chi connectivity index (χ1v) is 8.99. The van der Waals surface area contributed by atoms with E-state index in [0.29, 0.717) is 17.5 Å². The van der Waals surface area contributed by atoms with Crippen molar-refractivity contribution in [1.29, 1.82) is 0 Å². The number of carbonyl (C=O) groups is 2. The van der Waals surface area contributed by atoms with E-state index in [9.17, 15) is 14.0 Å². The van der Waals surface area contributed by atoms with Gasteiger partial charge in [0.2, 0.25) is 5.91 Å². The molecule has 7 heteroatoms. The summed E-state index contributed by atoms with van der Waals surface area (Å²) in [6.07, 6.45) is 0.277. The number of carboxylic acids is 1. The van der Waals surface area contributed by atoms with E-state index in [-0.39, 0.29) is 12.2 Å². The molecule has 3 N–H and O–H groups in total. The van der Waals surface area contributed by atoms with Crippen LogP contribution < -0.4 is 10.5 Å². The van der Waals surface area contributed by atoms with Gasteiger partial charge in [-0.3, -0.25) is 9.59 Å². The Bertz CT molecular complexity index is 1090. The maximum Gasteiger partial charge on any atom is 0.303 e. The fraction of sp³-hybridized carbons (Fsp3) is 0.182. The highest BCUT2D eigenvalue weighted by Crippen LogP contribution is 2.32. The number of hydrogen-bond acceptors (Lipinski definition) is 3. The van der Waals surface area contributed by atoms with Crippen LogP contribution in [0.4, 0.5) is 4.39 Å². The molecule has 29 heavy (non-hydrogen) atoms. The van der Waals surface area contributed by atoms with Gasteiger partial charge in [-0.25, -0.2) is 4.39 Å². The second-order valence-electron chi connectivity index (χ2n) is 6.65. The summed E-state index contributed by atoms with van der Waals surface area (Å²) in [5.41, 5.74) is 9.56. The molecule has 0 spiro atoms. The van der Waals surface area contributed by atoms with E-state index in [1.807, 2.05) is 23.6 Å². The smallest absolute Gasteiger partial charge is 0.303 e. The Hall–Kier alpha value is -3.61. The molecule has 0 fully saturated rings. The van der Waals surface area contributed by atoms with E-state index >= 15 is 0 Å². The normalized spacial score (nSPS) is 10.7. The third-order valence-corrected chi connectivity index (χ3v) is 4.73. The van der Waals surface area contributed by atoms with Crippen LogP contribution in [0.3, 0.4) is 0 Å². The van der Waals surface area contributed by atoms with Crippen molar-refractivity contribution >= 4 is 11.9 Å². The zero-order valence-corrected chi connectivity index (χ0v) is 16.1. The standard InChI is InChI=1S/C22H21FN2O4/c1-13-11-15(22(24)28)4-8-18(13)25-16(6-10-21(26)27)5-9-19(25)14-3-7-17(23)20(12-14)29-2/h3-5,7-9,11-12H,6,10H2,1-2H3,(H2,24,28)(H,26,27). The highest BCUT2D eigenvalue weighted by Gasteiger charge is 2.17. The summed E-state index contributed by atoms with van der Waals surface area (Å²) in [7, 11) is 1.40. The second-order valence-corrected chi connectivity index (χ2v) is 6.65. The van der Waals surface area contributed by atoms with E-state index in [1.54, 1.807) is 30.3 Å².